The van der Waals surface area contributed by atoms with E-state index < -0.39 is 39.8 Å². The Hall–Kier alpha value is -2.55. The lowest BCUT2D eigenvalue weighted by atomic mass is 9.86. The molecule has 9 heteroatoms. The van der Waals surface area contributed by atoms with E-state index in [1.165, 1.54) is 6.92 Å². The maximum Gasteiger partial charge on any atom is 0.308 e. The molecule has 2 rings (SSSR count). The van der Waals surface area contributed by atoms with Crippen molar-refractivity contribution in [3.05, 3.63) is 39.2 Å². The van der Waals surface area contributed by atoms with Crippen LogP contribution >= 0.6 is 0 Å². The zero-order valence-electron chi connectivity index (χ0n) is 13.7. The number of amides is 1. The van der Waals surface area contributed by atoms with Gasteiger partial charge in [0, 0.05) is 25.3 Å². The Morgan fingerprint density at radius 3 is 2.64 bits per heavy atom. The average Bonchev–Trinajstić information content (AvgIpc) is 2.54. The molecule has 2 N–H and O–H groups in total. The normalized spacial score (nSPS) is 16.2. The van der Waals surface area contributed by atoms with Gasteiger partial charge in [0.15, 0.2) is 0 Å². The maximum atomic E-state index is 13.5. The number of aliphatic carboxylic acids is 1. The van der Waals surface area contributed by atoms with Crippen molar-refractivity contribution in [1.29, 1.82) is 0 Å². The topological polar surface area (TPSA) is 119 Å². The van der Waals surface area contributed by atoms with Gasteiger partial charge in [0.25, 0.3) is 11.6 Å². The van der Waals surface area contributed by atoms with Crippen molar-refractivity contribution in [1.82, 2.24) is 5.32 Å². The van der Waals surface area contributed by atoms with Gasteiger partial charge >= 0.3 is 5.97 Å². The van der Waals surface area contributed by atoms with Crippen molar-refractivity contribution in [3.8, 4) is 0 Å². The van der Waals surface area contributed by atoms with Crippen LogP contribution in [0.3, 0.4) is 0 Å². The summed E-state index contributed by atoms with van der Waals surface area (Å²) >= 11 is 0. The first-order valence-electron chi connectivity index (χ1n) is 7.84. The van der Waals surface area contributed by atoms with E-state index in [1.54, 1.807) is 0 Å². The summed E-state index contributed by atoms with van der Waals surface area (Å²) < 4.78 is 18.7. The van der Waals surface area contributed by atoms with E-state index in [9.17, 15) is 29.2 Å². The van der Waals surface area contributed by atoms with Crippen LogP contribution in [0.2, 0.25) is 0 Å². The van der Waals surface area contributed by atoms with Gasteiger partial charge in [-0.05, 0) is 37.8 Å². The summed E-state index contributed by atoms with van der Waals surface area (Å²) in [7, 11) is 0. The molecule has 1 aromatic rings. The Morgan fingerprint density at radius 1 is 1.44 bits per heavy atom. The number of nitro groups is 1. The van der Waals surface area contributed by atoms with Gasteiger partial charge in [-0.3, -0.25) is 19.7 Å². The van der Waals surface area contributed by atoms with E-state index in [1.807, 2.05) is 0 Å². The molecule has 1 aromatic carbocycles. The zero-order chi connectivity index (χ0) is 18.6. The highest BCUT2D eigenvalue weighted by Gasteiger charge is 2.31. The Bertz CT molecular complexity index is 687. The number of carboxylic acids is 1. The number of nitro benzene ring substituents is 1. The van der Waals surface area contributed by atoms with Crippen molar-refractivity contribution in [2.75, 3.05) is 19.8 Å². The Morgan fingerprint density at radius 2 is 2.08 bits per heavy atom. The summed E-state index contributed by atoms with van der Waals surface area (Å²) in [5.74, 6) is -3.69. The SMILES string of the molecule is Cc1cc(F)cc(C(=O)NCC(C(=O)O)C2CCOCC2)c1[N+](=O)[O-]. The Balaban J connectivity index is 2.16. The summed E-state index contributed by atoms with van der Waals surface area (Å²) in [6, 6.07) is 1.75. The molecule has 1 aliphatic heterocycles. The highest BCUT2D eigenvalue weighted by molar-refractivity contribution is 5.98. The minimum absolute atomic E-state index is 0.0226. The van der Waals surface area contributed by atoms with Gasteiger partial charge < -0.3 is 15.2 Å². The van der Waals surface area contributed by atoms with Crippen molar-refractivity contribution in [2.45, 2.75) is 19.8 Å². The van der Waals surface area contributed by atoms with Crippen LogP contribution in [-0.2, 0) is 9.53 Å². The summed E-state index contributed by atoms with van der Waals surface area (Å²) in [5.41, 5.74) is -0.884. The number of carbonyl (C=O) groups is 2. The van der Waals surface area contributed by atoms with E-state index in [4.69, 9.17) is 4.74 Å². The first-order valence-corrected chi connectivity index (χ1v) is 7.84. The lowest BCUT2D eigenvalue weighted by Gasteiger charge is -2.27. The van der Waals surface area contributed by atoms with Gasteiger partial charge in [0.1, 0.15) is 11.4 Å². The van der Waals surface area contributed by atoms with E-state index in [0.29, 0.717) is 26.1 Å². The van der Waals surface area contributed by atoms with Crippen LogP contribution in [0.25, 0.3) is 0 Å². The predicted octanol–water partition coefficient (Wildman–Crippen LogP) is 1.90. The first kappa shape index (κ1) is 18.8. The third-order valence-corrected chi connectivity index (χ3v) is 4.33. The molecule has 1 saturated heterocycles. The molecule has 0 spiro atoms. The number of ether oxygens (including phenoxy) is 1. The van der Waals surface area contributed by atoms with Crippen LogP contribution in [-0.4, -0.2) is 41.7 Å². The molecule has 0 aromatic heterocycles. The van der Waals surface area contributed by atoms with E-state index in [-0.39, 0.29) is 18.0 Å². The maximum absolute atomic E-state index is 13.5. The average molecular weight is 354 g/mol. The number of aryl methyl sites for hydroxylation is 1. The molecule has 136 valence electrons. The monoisotopic (exact) mass is 354 g/mol. The smallest absolute Gasteiger partial charge is 0.308 e. The molecule has 0 aliphatic carbocycles. The van der Waals surface area contributed by atoms with Crippen molar-refractivity contribution in [2.24, 2.45) is 11.8 Å². The number of hydrogen-bond acceptors (Lipinski definition) is 5. The van der Waals surface area contributed by atoms with Gasteiger partial charge in [-0.25, -0.2) is 4.39 Å². The van der Waals surface area contributed by atoms with Crippen LogP contribution in [0, 0.1) is 34.7 Å². The zero-order valence-corrected chi connectivity index (χ0v) is 13.7. The summed E-state index contributed by atoms with van der Waals surface area (Å²) in [4.78, 5) is 34.1. The molecule has 8 nitrogen and oxygen atoms in total. The van der Waals surface area contributed by atoms with Gasteiger partial charge in [-0.2, -0.15) is 0 Å². The molecule has 1 fully saturated rings. The molecule has 1 aliphatic rings. The fourth-order valence-electron chi connectivity index (χ4n) is 3.02. The second-order valence-electron chi connectivity index (χ2n) is 5.98. The second kappa shape index (κ2) is 8.02. The molecule has 1 heterocycles. The number of benzene rings is 1. The van der Waals surface area contributed by atoms with Gasteiger partial charge in [0.2, 0.25) is 0 Å². The van der Waals surface area contributed by atoms with E-state index in [2.05, 4.69) is 5.32 Å². The van der Waals surface area contributed by atoms with Crippen molar-refractivity contribution in [3.63, 3.8) is 0 Å². The summed E-state index contributed by atoms with van der Waals surface area (Å²) in [5, 5.41) is 22.9. The van der Waals surface area contributed by atoms with Crippen LogP contribution in [0.15, 0.2) is 12.1 Å². The Labute approximate surface area is 143 Å². The number of rotatable bonds is 6. The number of carbonyl (C=O) groups excluding carboxylic acids is 1. The molecule has 1 unspecified atom stereocenters. The highest BCUT2D eigenvalue weighted by atomic mass is 19.1. The fourth-order valence-corrected chi connectivity index (χ4v) is 3.02. The first-order chi connectivity index (χ1) is 11.8. The second-order valence-corrected chi connectivity index (χ2v) is 5.98. The molecule has 0 radical (unpaired) electrons. The molecular formula is C16H19FN2O6. The summed E-state index contributed by atoms with van der Waals surface area (Å²) in [6.07, 6.45) is 1.12. The minimum atomic E-state index is -1.06. The largest absolute Gasteiger partial charge is 0.481 e. The third-order valence-electron chi connectivity index (χ3n) is 4.33. The van der Waals surface area contributed by atoms with Crippen LogP contribution < -0.4 is 5.32 Å². The summed E-state index contributed by atoms with van der Waals surface area (Å²) in [6.45, 7) is 2.06. The molecule has 0 saturated carbocycles. The standard InChI is InChI=1S/C16H19FN2O6/c1-9-6-11(17)7-12(14(9)19(23)24)15(20)18-8-13(16(21)22)10-2-4-25-5-3-10/h6-7,10,13H,2-5,8H2,1H3,(H,18,20)(H,21,22). The van der Waals surface area contributed by atoms with Crippen LogP contribution in [0.1, 0.15) is 28.8 Å². The number of carboxylic acid groups (broad SMARTS) is 1. The van der Waals surface area contributed by atoms with Crippen LogP contribution in [0.4, 0.5) is 10.1 Å². The predicted molar refractivity (Wildman–Crippen MR) is 84.8 cm³/mol. The number of hydrogen-bond donors (Lipinski definition) is 2. The fraction of sp³-hybridized carbons (Fsp3) is 0.500. The number of nitrogens with one attached hydrogen (secondary N) is 1. The number of halogens is 1. The molecule has 25 heavy (non-hydrogen) atoms. The van der Waals surface area contributed by atoms with Crippen molar-refractivity contribution < 1.29 is 28.7 Å². The molecule has 1 amide bonds. The van der Waals surface area contributed by atoms with Gasteiger partial charge in [-0.15, -0.1) is 0 Å². The molecule has 0 bridgehead atoms. The Kier molecular flexibility index (Phi) is 6.02. The quantitative estimate of drug-likeness (QED) is 0.595. The van der Waals surface area contributed by atoms with Gasteiger partial charge in [0.05, 0.1) is 10.8 Å². The van der Waals surface area contributed by atoms with E-state index >= 15 is 0 Å². The number of nitrogens with zero attached hydrogens (tertiary/aromatic N) is 1. The van der Waals surface area contributed by atoms with Crippen LogP contribution in [0.5, 0.6) is 0 Å². The third kappa shape index (κ3) is 4.50. The lowest BCUT2D eigenvalue weighted by Crippen LogP contribution is -2.39. The van der Waals surface area contributed by atoms with Crippen molar-refractivity contribution >= 4 is 17.6 Å². The van der Waals surface area contributed by atoms with Gasteiger partial charge in [-0.1, -0.05) is 0 Å². The minimum Gasteiger partial charge on any atom is -0.481 e. The molecular weight excluding hydrogens is 335 g/mol. The highest BCUT2D eigenvalue weighted by Crippen LogP contribution is 2.26. The van der Waals surface area contributed by atoms with E-state index in [0.717, 1.165) is 12.1 Å². The molecule has 1 atom stereocenters. The lowest BCUT2D eigenvalue weighted by molar-refractivity contribution is -0.385.